The van der Waals surface area contributed by atoms with Crippen molar-refractivity contribution >= 4 is 14.8 Å². The van der Waals surface area contributed by atoms with Crippen molar-refractivity contribution in [1.82, 2.24) is 0 Å². The zero-order chi connectivity index (χ0) is 18.9. The standard InChI is InChI=1S/C21H31O3P/c1-6-21(4,20(22)25)16(2)13-14-19(17(3)23-5)24-15-18-11-9-7-8-10-12-18/h7-9,11,13-14,18H,2,6,10,12,15,25H2,1,3-5H3. The molecule has 0 heterocycles. The Balaban J connectivity index is 2.83. The van der Waals surface area contributed by atoms with Crippen molar-refractivity contribution in [3.8, 4) is 0 Å². The van der Waals surface area contributed by atoms with Crippen LogP contribution in [-0.4, -0.2) is 19.2 Å². The fraction of sp³-hybridized carbons (Fsp3) is 0.476. The number of ether oxygens (including phenoxy) is 2. The average molecular weight is 362 g/mol. The van der Waals surface area contributed by atoms with Gasteiger partial charge in [-0.3, -0.25) is 4.79 Å². The van der Waals surface area contributed by atoms with Crippen molar-refractivity contribution in [3.63, 3.8) is 0 Å². The molecule has 0 aliphatic heterocycles. The summed E-state index contributed by atoms with van der Waals surface area (Å²) in [5.41, 5.74) is 0.220. The van der Waals surface area contributed by atoms with Gasteiger partial charge < -0.3 is 9.47 Å². The van der Waals surface area contributed by atoms with Crippen LogP contribution in [0.15, 0.2) is 60.1 Å². The van der Waals surface area contributed by atoms with Gasteiger partial charge in [0.05, 0.1) is 19.1 Å². The fourth-order valence-electron chi connectivity index (χ4n) is 2.43. The first kappa shape index (κ1) is 21.4. The summed E-state index contributed by atoms with van der Waals surface area (Å²) < 4.78 is 11.3. The largest absolute Gasteiger partial charge is 0.498 e. The highest BCUT2D eigenvalue weighted by Crippen LogP contribution is 2.34. The van der Waals surface area contributed by atoms with Gasteiger partial charge in [-0.05, 0) is 44.8 Å². The molecule has 0 bridgehead atoms. The maximum absolute atomic E-state index is 11.9. The molecule has 0 N–H and O–H groups in total. The molecule has 1 aliphatic rings. The second kappa shape index (κ2) is 10.4. The third-order valence-electron chi connectivity index (χ3n) is 4.84. The molecule has 3 nitrogen and oxygen atoms in total. The van der Waals surface area contributed by atoms with Gasteiger partial charge in [-0.2, -0.15) is 0 Å². The van der Waals surface area contributed by atoms with E-state index >= 15 is 0 Å². The molecule has 25 heavy (non-hydrogen) atoms. The number of methoxy groups -OCH3 is 1. The Morgan fingerprint density at radius 1 is 1.40 bits per heavy atom. The molecular formula is C21H31O3P. The maximum Gasteiger partial charge on any atom is 0.158 e. The minimum absolute atomic E-state index is 0.0376. The monoisotopic (exact) mass is 362 g/mol. The molecule has 0 spiro atoms. The van der Waals surface area contributed by atoms with E-state index < -0.39 is 5.41 Å². The third-order valence-corrected chi connectivity index (χ3v) is 5.47. The van der Waals surface area contributed by atoms with Crippen LogP contribution >= 0.6 is 9.24 Å². The second-order valence-corrected chi connectivity index (χ2v) is 7.02. The molecule has 0 amide bonds. The van der Waals surface area contributed by atoms with Crippen LogP contribution in [0.4, 0.5) is 0 Å². The van der Waals surface area contributed by atoms with Crippen LogP contribution in [0, 0.1) is 11.3 Å². The Kier molecular flexibility index (Phi) is 8.92. The van der Waals surface area contributed by atoms with E-state index in [0.717, 1.165) is 18.4 Å². The Bertz CT molecular complexity index is 598. The van der Waals surface area contributed by atoms with Crippen LogP contribution in [0.1, 0.15) is 40.0 Å². The average Bonchev–Trinajstić information content (AvgIpc) is 2.88. The molecule has 3 unspecified atom stereocenters. The zero-order valence-corrected chi connectivity index (χ0v) is 17.0. The molecule has 138 valence electrons. The van der Waals surface area contributed by atoms with E-state index in [1.807, 2.05) is 32.9 Å². The summed E-state index contributed by atoms with van der Waals surface area (Å²) in [7, 11) is 3.89. The molecular weight excluding hydrogens is 331 g/mol. The smallest absolute Gasteiger partial charge is 0.158 e. The van der Waals surface area contributed by atoms with Crippen LogP contribution in [0.25, 0.3) is 0 Å². The molecule has 0 saturated carbocycles. The summed E-state index contributed by atoms with van der Waals surface area (Å²) in [5, 5.41) is 0. The first-order valence-electron chi connectivity index (χ1n) is 8.73. The van der Waals surface area contributed by atoms with Gasteiger partial charge in [-0.25, -0.2) is 0 Å². The molecule has 0 radical (unpaired) electrons. The van der Waals surface area contributed by atoms with Gasteiger partial charge >= 0.3 is 0 Å². The van der Waals surface area contributed by atoms with Gasteiger partial charge in [0.1, 0.15) is 5.76 Å². The number of rotatable bonds is 9. The number of carbonyl (C=O) groups is 1. The highest BCUT2D eigenvalue weighted by atomic mass is 31.0. The molecule has 3 atom stereocenters. The Hall–Kier alpha value is -1.60. The van der Waals surface area contributed by atoms with E-state index in [4.69, 9.17) is 9.47 Å². The van der Waals surface area contributed by atoms with Gasteiger partial charge in [-0.1, -0.05) is 53.1 Å². The number of hydrogen-bond donors (Lipinski definition) is 0. The Labute approximate surface area is 154 Å². The van der Waals surface area contributed by atoms with Crippen LogP contribution in [0.5, 0.6) is 0 Å². The predicted octanol–water partition coefficient (Wildman–Crippen LogP) is 5.33. The van der Waals surface area contributed by atoms with Gasteiger partial charge in [0.2, 0.25) is 0 Å². The van der Waals surface area contributed by atoms with Crippen molar-refractivity contribution in [3.05, 3.63) is 60.1 Å². The highest BCUT2D eigenvalue weighted by molar-refractivity contribution is 7.40. The number of carbonyl (C=O) groups excluding carboxylic acids is 1. The fourth-order valence-corrected chi connectivity index (χ4v) is 2.82. The lowest BCUT2D eigenvalue weighted by atomic mass is 9.81. The summed E-state index contributed by atoms with van der Waals surface area (Å²) in [6.07, 6.45) is 15.0. The van der Waals surface area contributed by atoms with Crippen molar-refractivity contribution in [1.29, 1.82) is 0 Å². The van der Waals surface area contributed by atoms with E-state index in [1.54, 1.807) is 7.11 Å². The Morgan fingerprint density at radius 3 is 2.72 bits per heavy atom. The number of hydrogen-bond acceptors (Lipinski definition) is 3. The van der Waals surface area contributed by atoms with E-state index in [2.05, 4.69) is 40.1 Å². The molecule has 1 aliphatic carbocycles. The van der Waals surface area contributed by atoms with Crippen molar-refractivity contribution in [2.75, 3.05) is 13.7 Å². The number of allylic oxidation sites excluding steroid dienone is 7. The summed E-state index contributed by atoms with van der Waals surface area (Å²) in [6.45, 7) is 10.4. The lowest BCUT2D eigenvalue weighted by Gasteiger charge is -2.25. The summed E-state index contributed by atoms with van der Waals surface area (Å²) in [5.74, 6) is 1.75. The molecule has 0 saturated heterocycles. The van der Waals surface area contributed by atoms with E-state index in [9.17, 15) is 4.79 Å². The van der Waals surface area contributed by atoms with E-state index in [-0.39, 0.29) is 5.52 Å². The molecule has 0 aromatic rings. The van der Waals surface area contributed by atoms with Crippen molar-refractivity contribution < 1.29 is 14.3 Å². The van der Waals surface area contributed by atoms with Crippen LogP contribution < -0.4 is 0 Å². The predicted molar refractivity (Wildman–Crippen MR) is 108 cm³/mol. The van der Waals surface area contributed by atoms with Crippen LogP contribution in [0.2, 0.25) is 0 Å². The molecule has 1 rings (SSSR count). The first-order chi connectivity index (χ1) is 11.8. The minimum Gasteiger partial charge on any atom is -0.498 e. The Morgan fingerprint density at radius 2 is 2.12 bits per heavy atom. The molecule has 0 fully saturated rings. The molecule has 4 heteroatoms. The SMILES string of the molecule is C=C(C=CC(OCC1C=CC=CCC1)=C(C)OC)C(C)(CC)C(=O)P. The first-order valence-corrected chi connectivity index (χ1v) is 9.31. The van der Waals surface area contributed by atoms with Gasteiger partial charge in [-0.15, -0.1) is 0 Å². The quantitative estimate of drug-likeness (QED) is 0.316. The zero-order valence-electron chi connectivity index (χ0n) is 15.9. The maximum atomic E-state index is 11.9. The summed E-state index contributed by atoms with van der Waals surface area (Å²) in [6, 6.07) is 0. The van der Waals surface area contributed by atoms with Gasteiger partial charge in [0, 0.05) is 5.92 Å². The van der Waals surface area contributed by atoms with Crippen LogP contribution in [0.3, 0.4) is 0 Å². The van der Waals surface area contributed by atoms with Gasteiger partial charge in [0.15, 0.2) is 11.3 Å². The lowest BCUT2D eigenvalue weighted by molar-refractivity contribution is -0.117. The van der Waals surface area contributed by atoms with E-state index in [1.165, 1.54) is 0 Å². The van der Waals surface area contributed by atoms with E-state index in [0.29, 0.717) is 30.5 Å². The highest BCUT2D eigenvalue weighted by Gasteiger charge is 2.29. The lowest BCUT2D eigenvalue weighted by Crippen LogP contribution is -2.23. The third kappa shape index (κ3) is 6.32. The summed E-state index contributed by atoms with van der Waals surface area (Å²) in [4.78, 5) is 11.9. The molecule has 0 aromatic carbocycles. The minimum atomic E-state index is -0.580. The topological polar surface area (TPSA) is 35.5 Å². The van der Waals surface area contributed by atoms with Crippen molar-refractivity contribution in [2.24, 2.45) is 11.3 Å². The second-order valence-electron chi connectivity index (χ2n) is 6.49. The normalized spacial score (nSPS) is 20.6. The van der Waals surface area contributed by atoms with Crippen LogP contribution in [-0.2, 0) is 14.3 Å². The van der Waals surface area contributed by atoms with Crippen molar-refractivity contribution in [2.45, 2.75) is 40.0 Å². The van der Waals surface area contributed by atoms with Gasteiger partial charge in [0.25, 0.3) is 0 Å². The summed E-state index contributed by atoms with van der Waals surface area (Å²) >= 11 is 0. The molecule has 0 aromatic heterocycles.